The van der Waals surface area contributed by atoms with E-state index in [0.29, 0.717) is 23.0 Å². The van der Waals surface area contributed by atoms with Crippen molar-refractivity contribution in [2.45, 2.75) is 6.92 Å². The summed E-state index contributed by atoms with van der Waals surface area (Å²) >= 11 is 0. The van der Waals surface area contributed by atoms with Crippen LogP contribution in [-0.4, -0.2) is 24.7 Å². The molecular weight excluding hydrogens is 266 g/mol. The summed E-state index contributed by atoms with van der Waals surface area (Å²) in [5, 5.41) is 16.5. The zero-order valence-electron chi connectivity index (χ0n) is 11.2. The molecule has 0 saturated heterocycles. The molecule has 0 amide bonds. The lowest BCUT2D eigenvalue weighted by atomic mass is 10.3. The molecule has 1 N–H and O–H groups in total. The van der Waals surface area contributed by atoms with Crippen molar-refractivity contribution in [3.05, 3.63) is 54.2 Å². The van der Waals surface area contributed by atoms with Gasteiger partial charge >= 0.3 is 0 Å². The monoisotopic (exact) mass is 277 g/mol. The Morgan fingerprint density at radius 3 is 2.86 bits per heavy atom. The Morgan fingerprint density at radius 2 is 2.14 bits per heavy atom. The lowest BCUT2D eigenvalue weighted by Crippen LogP contribution is -2.06. The van der Waals surface area contributed by atoms with Crippen LogP contribution in [0.5, 0.6) is 0 Å². The van der Waals surface area contributed by atoms with Gasteiger partial charge in [-0.25, -0.2) is 15.0 Å². The molecule has 0 bridgehead atoms. The van der Waals surface area contributed by atoms with Gasteiger partial charge in [0.05, 0.1) is 6.20 Å². The number of hydrogen-bond acceptors (Lipinski definition) is 6. The van der Waals surface area contributed by atoms with E-state index in [4.69, 9.17) is 0 Å². The van der Waals surface area contributed by atoms with E-state index in [0.717, 1.165) is 5.69 Å². The van der Waals surface area contributed by atoms with Gasteiger partial charge in [0.2, 0.25) is 0 Å². The molecule has 7 nitrogen and oxygen atoms in total. The van der Waals surface area contributed by atoms with Crippen molar-refractivity contribution < 1.29 is 0 Å². The van der Waals surface area contributed by atoms with E-state index in [2.05, 4.69) is 31.4 Å². The predicted octanol–water partition coefficient (Wildman–Crippen LogP) is 1.98. The standard InChI is InChI=1S/C14H11N7/c1-10-6-12(18-9-17-10)20-14-11(7-15)8-19-21(14)13-4-2-3-5-16-13/h2-6,8-9H,1H3,(H,17,18,20). The number of aryl methyl sites for hydroxylation is 1. The number of aromatic nitrogens is 5. The summed E-state index contributed by atoms with van der Waals surface area (Å²) in [7, 11) is 0. The molecule has 21 heavy (non-hydrogen) atoms. The fraction of sp³-hybridized carbons (Fsp3) is 0.0714. The fourth-order valence-electron chi connectivity index (χ4n) is 1.85. The van der Waals surface area contributed by atoms with Crippen LogP contribution in [0.15, 0.2) is 43.0 Å². The molecule has 0 radical (unpaired) electrons. The Balaban J connectivity index is 2.05. The van der Waals surface area contributed by atoms with Crippen molar-refractivity contribution in [1.29, 1.82) is 5.26 Å². The van der Waals surface area contributed by atoms with Crippen LogP contribution in [-0.2, 0) is 0 Å². The largest absolute Gasteiger partial charge is 0.324 e. The van der Waals surface area contributed by atoms with Crippen molar-refractivity contribution in [2.75, 3.05) is 5.32 Å². The maximum atomic E-state index is 9.21. The lowest BCUT2D eigenvalue weighted by molar-refractivity contribution is 0.853. The van der Waals surface area contributed by atoms with Gasteiger partial charge in [-0.05, 0) is 19.1 Å². The minimum Gasteiger partial charge on any atom is -0.324 e. The quantitative estimate of drug-likeness (QED) is 0.787. The number of rotatable bonds is 3. The van der Waals surface area contributed by atoms with E-state index >= 15 is 0 Å². The number of nitrogens with one attached hydrogen (secondary N) is 1. The Labute approximate surface area is 120 Å². The van der Waals surface area contributed by atoms with Crippen LogP contribution in [0.2, 0.25) is 0 Å². The number of anilines is 2. The van der Waals surface area contributed by atoms with Crippen molar-refractivity contribution in [3.8, 4) is 11.9 Å². The molecule has 0 saturated carbocycles. The normalized spacial score (nSPS) is 10.1. The van der Waals surface area contributed by atoms with E-state index in [1.807, 2.05) is 25.1 Å². The molecule has 0 spiro atoms. The van der Waals surface area contributed by atoms with Gasteiger partial charge in [0.15, 0.2) is 11.6 Å². The maximum absolute atomic E-state index is 9.21. The Bertz CT molecular complexity index is 802. The molecule has 0 unspecified atom stereocenters. The fourth-order valence-corrected chi connectivity index (χ4v) is 1.85. The summed E-state index contributed by atoms with van der Waals surface area (Å²) in [5.41, 5.74) is 1.24. The number of nitrogens with zero attached hydrogens (tertiary/aromatic N) is 6. The molecule has 0 aliphatic heterocycles. The highest BCUT2D eigenvalue weighted by Gasteiger charge is 2.13. The van der Waals surface area contributed by atoms with Gasteiger partial charge < -0.3 is 5.32 Å². The highest BCUT2D eigenvalue weighted by molar-refractivity contribution is 5.62. The topological polar surface area (TPSA) is 92.3 Å². The molecule has 3 heterocycles. The zero-order chi connectivity index (χ0) is 14.7. The summed E-state index contributed by atoms with van der Waals surface area (Å²) in [4.78, 5) is 12.4. The van der Waals surface area contributed by atoms with Crippen LogP contribution in [0, 0.1) is 18.3 Å². The zero-order valence-corrected chi connectivity index (χ0v) is 11.2. The minimum absolute atomic E-state index is 0.414. The highest BCUT2D eigenvalue weighted by atomic mass is 15.4. The average Bonchev–Trinajstić information content (AvgIpc) is 2.91. The third-order valence-electron chi connectivity index (χ3n) is 2.81. The van der Waals surface area contributed by atoms with E-state index in [1.165, 1.54) is 12.5 Å². The van der Waals surface area contributed by atoms with E-state index in [1.54, 1.807) is 16.9 Å². The molecule has 7 heteroatoms. The minimum atomic E-state index is 0.414. The average molecular weight is 277 g/mol. The van der Waals surface area contributed by atoms with E-state index in [-0.39, 0.29) is 0 Å². The molecule has 3 aromatic heterocycles. The number of hydrogen-bond donors (Lipinski definition) is 1. The molecule has 3 aromatic rings. The Hall–Kier alpha value is -3.27. The van der Waals surface area contributed by atoms with Gasteiger partial charge in [0.1, 0.15) is 23.8 Å². The van der Waals surface area contributed by atoms with Crippen LogP contribution in [0.4, 0.5) is 11.6 Å². The third-order valence-corrected chi connectivity index (χ3v) is 2.81. The highest BCUT2D eigenvalue weighted by Crippen LogP contribution is 2.21. The van der Waals surface area contributed by atoms with Crippen LogP contribution in [0.1, 0.15) is 11.3 Å². The second kappa shape index (κ2) is 5.38. The molecule has 0 aromatic carbocycles. The van der Waals surface area contributed by atoms with E-state index in [9.17, 15) is 5.26 Å². The molecular formula is C14H11N7. The van der Waals surface area contributed by atoms with Gasteiger partial charge in [0, 0.05) is 18.0 Å². The smallest absolute Gasteiger partial charge is 0.155 e. The maximum Gasteiger partial charge on any atom is 0.155 e. The van der Waals surface area contributed by atoms with Gasteiger partial charge in [-0.3, -0.25) is 0 Å². The SMILES string of the molecule is Cc1cc(Nc2c(C#N)cnn2-c2ccccn2)ncn1. The van der Waals surface area contributed by atoms with E-state index < -0.39 is 0 Å². The summed E-state index contributed by atoms with van der Waals surface area (Å²) in [5.74, 6) is 1.73. The summed E-state index contributed by atoms with van der Waals surface area (Å²) in [6.45, 7) is 1.87. The Morgan fingerprint density at radius 1 is 1.24 bits per heavy atom. The van der Waals surface area contributed by atoms with Crippen molar-refractivity contribution in [3.63, 3.8) is 0 Å². The summed E-state index contributed by atoms with van der Waals surface area (Å²) in [6.07, 6.45) is 4.62. The Kier molecular flexibility index (Phi) is 3.27. The first-order valence-electron chi connectivity index (χ1n) is 6.23. The first-order valence-corrected chi connectivity index (χ1v) is 6.23. The predicted molar refractivity (Wildman–Crippen MR) is 76.1 cm³/mol. The van der Waals surface area contributed by atoms with Crippen LogP contribution in [0.3, 0.4) is 0 Å². The number of pyridine rings is 1. The summed E-state index contributed by atoms with van der Waals surface area (Å²) < 4.78 is 1.57. The van der Waals surface area contributed by atoms with Gasteiger partial charge in [-0.1, -0.05) is 6.07 Å². The van der Waals surface area contributed by atoms with Crippen LogP contribution in [0.25, 0.3) is 5.82 Å². The van der Waals surface area contributed by atoms with Gasteiger partial charge in [0.25, 0.3) is 0 Å². The lowest BCUT2D eigenvalue weighted by Gasteiger charge is -2.09. The molecule has 0 aliphatic carbocycles. The number of nitriles is 1. The summed E-state index contributed by atoms with van der Waals surface area (Å²) in [6, 6.07) is 9.38. The third kappa shape index (κ3) is 2.55. The first kappa shape index (κ1) is 12.7. The van der Waals surface area contributed by atoms with Crippen LogP contribution >= 0.6 is 0 Å². The molecule has 3 rings (SSSR count). The van der Waals surface area contributed by atoms with Gasteiger partial charge in [-0.15, -0.1) is 0 Å². The molecule has 0 fully saturated rings. The first-order chi connectivity index (χ1) is 10.3. The van der Waals surface area contributed by atoms with Crippen molar-refractivity contribution >= 4 is 11.6 Å². The molecule has 0 aliphatic rings. The molecule has 0 atom stereocenters. The van der Waals surface area contributed by atoms with Crippen molar-refractivity contribution in [1.82, 2.24) is 24.7 Å². The van der Waals surface area contributed by atoms with Crippen molar-refractivity contribution in [2.24, 2.45) is 0 Å². The van der Waals surface area contributed by atoms with Crippen LogP contribution < -0.4 is 5.32 Å². The second-order valence-electron chi connectivity index (χ2n) is 4.29. The van der Waals surface area contributed by atoms with Gasteiger partial charge in [-0.2, -0.15) is 15.0 Å². The molecule has 102 valence electrons. The second-order valence-corrected chi connectivity index (χ2v) is 4.29.